The summed E-state index contributed by atoms with van der Waals surface area (Å²) in [7, 11) is 0. The molecule has 132 valence electrons. The van der Waals surface area contributed by atoms with Crippen molar-refractivity contribution in [1.29, 1.82) is 0 Å². The SMILES string of the molecule is O=C(Nc1cc2ccccc2oc1=O)c1cccnc1O[C@H]1CCSC1. The number of para-hydroxylation sites is 1. The number of benzene rings is 1. The number of nitrogens with zero attached hydrogens (tertiary/aromatic N) is 1. The van der Waals surface area contributed by atoms with E-state index in [9.17, 15) is 9.59 Å². The predicted molar refractivity (Wildman–Crippen MR) is 101 cm³/mol. The van der Waals surface area contributed by atoms with Crippen molar-refractivity contribution in [2.24, 2.45) is 0 Å². The van der Waals surface area contributed by atoms with Crippen LogP contribution in [-0.4, -0.2) is 28.5 Å². The molecule has 1 saturated heterocycles. The van der Waals surface area contributed by atoms with Gasteiger partial charge >= 0.3 is 5.63 Å². The molecule has 26 heavy (non-hydrogen) atoms. The Balaban J connectivity index is 1.60. The Hall–Kier alpha value is -2.80. The molecule has 0 unspecified atom stereocenters. The summed E-state index contributed by atoms with van der Waals surface area (Å²) in [6, 6.07) is 12.0. The highest BCUT2D eigenvalue weighted by Gasteiger charge is 2.22. The van der Waals surface area contributed by atoms with Crippen molar-refractivity contribution >= 4 is 34.3 Å². The van der Waals surface area contributed by atoms with Crippen molar-refractivity contribution in [1.82, 2.24) is 4.98 Å². The number of ether oxygens (including phenoxy) is 1. The van der Waals surface area contributed by atoms with Crippen molar-refractivity contribution in [2.45, 2.75) is 12.5 Å². The molecule has 1 N–H and O–H groups in total. The summed E-state index contributed by atoms with van der Waals surface area (Å²) in [5.41, 5.74) is 0.243. The van der Waals surface area contributed by atoms with Crippen LogP contribution in [0.4, 0.5) is 5.69 Å². The molecule has 0 bridgehead atoms. The van der Waals surface area contributed by atoms with Gasteiger partial charge in [0.25, 0.3) is 5.91 Å². The van der Waals surface area contributed by atoms with Crippen LogP contribution in [0.2, 0.25) is 0 Å². The van der Waals surface area contributed by atoms with Crippen LogP contribution in [-0.2, 0) is 0 Å². The van der Waals surface area contributed by atoms with E-state index in [1.165, 1.54) is 0 Å². The molecule has 4 rings (SSSR count). The van der Waals surface area contributed by atoms with E-state index in [0.29, 0.717) is 5.58 Å². The average Bonchev–Trinajstić information content (AvgIpc) is 3.16. The summed E-state index contributed by atoms with van der Waals surface area (Å²) < 4.78 is 11.1. The molecule has 0 radical (unpaired) electrons. The first-order valence-electron chi connectivity index (χ1n) is 8.24. The number of anilines is 1. The van der Waals surface area contributed by atoms with Crippen LogP contribution in [0.3, 0.4) is 0 Å². The zero-order valence-electron chi connectivity index (χ0n) is 13.8. The minimum absolute atomic E-state index is 0.0483. The van der Waals surface area contributed by atoms with Crippen molar-refractivity contribution < 1.29 is 13.9 Å². The first-order valence-corrected chi connectivity index (χ1v) is 9.40. The fourth-order valence-corrected chi connectivity index (χ4v) is 3.85. The maximum Gasteiger partial charge on any atom is 0.360 e. The lowest BCUT2D eigenvalue weighted by Crippen LogP contribution is -2.21. The summed E-state index contributed by atoms with van der Waals surface area (Å²) >= 11 is 1.81. The summed E-state index contributed by atoms with van der Waals surface area (Å²) in [5, 5.41) is 3.34. The smallest absolute Gasteiger partial charge is 0.360 e. The highest BCUT2D eigenvalue weighted by atomic mass is 32.2. The Morgan fingerprint density at radius 3 is 3.00 bits per heavy atom. The zero-order valence-corrected chi connectivity index (χ0v) is 14.6. The topological polar surface area (TPSA) is 81.4 Å². The first kappa shape index (κ1) is 16.7. The van der Waals surface area contributed by atoms with Gasteiger partial charge in [0.1, 0.15) is 22.9 Å². The molecule has 1 aliphatic heterocycles. The standard InChI is InChI=1S/C19H16N2O4S/c22-17(14-5-3-8-20-18(14)24-13-7-9-26-11-13)21-15-10-12-4-1-2-6-16(12)25-19(15)23/h1-6,8,10,13H,7,9,11H2,(H,21,22)/t13-/m0/s1. The molecule has 1 aromatic carbocycles. The predicted octanol–water partition coefficient (Wildman–Crippen LogP) is 3.32. The van der Waals surface area contributed by atoms with Gasteiger partial charge in [-0.25, -0.2) is 9.78 Å². The maximum absolute atomic E-state index is 12.7. The summed E-state index contributed by atoms with van der Waals surface area (Å²) in [5.74, 6) is 1.74. The molecule has 1 fully saturated rings. The highest BCUT2D eigenvalue weighted by molar-refractivity contribution is 7.99. The van der Waals surface area contributed by atoms with Gasteiger partial charge in [-0.3, -0.25) is 4.79 Å². The number of carbonyl (C=O) groups excluding carboxylic acids is 1. The van der Waals surface area contributed by atoms with Gasteiger partial charge in [0.05, 0.1) is 0 Å². The van der Waals surface area contributed by atoms with Crippen LogP contribution in [0.5, 0.6) is 5.88 Å². The first-order chi connectivity index (χ1) is 12.7. The third kappa shape index (κ3) is 3.43. The van der Waals surface area contributed by atoms with E-state index in [2.05, 4.69) is 10.3 Å². The van der Waals surface area contributed by atoms with E-state index in [0.717, 1.165) is 23.3 Å². The number of carbonyl (C=O) groups is 1. The molecule has 2 aromatic heterocycles. The van der Waals surface area contributed by atoms with Crippen molar-refractivity contribution in [3.05, 3.63) is 64.6 Å². The Labute approximate surface area is 153 Å². The minimum atomic E-state index is -0.601. The lowest BCUT2D eigenvalue weighted by molar-refractivity contribution is 0.101. The number of hydrogen-bond acceptors (Lipinski definition) is 6. The van der Waals surface area contributed by atoms with Crippen LogP contribution >= 0.6 is 11.8 Å². The Bertz CT molecular complexity index is 1010. The van der Waals surface area contributed by atoms with Crippen LogP contribution in [0.25, 0.3) is 11.0 Å². The molecule has 0 aliphatic carbocycles. The fraction of sp³-hybridized carbons (Fsp3) is 0.211. The molecule has 1 atom stereocenters. The summed E-state index contributed by atoms with van der Waals surface area (Å²) in [4.78, 5) is 29.0. The Morgan fingerprint density at radius 1 is 1.27 bits per heavy atom. The molecule has 3 heterocycles. The molecule has 0 saturated carbocycles. The Morgan fingerprint density at radius 2 is 2.15 bits per heavy atom. The van der Waals surface area contributed by atoms with Crippen LogP contribution < -0.4 is 15.7 Å². The van der Waals surface area contributed by atoms with E-state index in [1.807, 2.05) is 23.9 Å². The third-order valence-corrected chi connectivity index (χ3v) is 5.20. The molecular formula is C19H16N2O4S. The molecule has 6 nitrogen and oxygen atoms in total. The molecule has 1 aliphatic rings. The number of fused-ring (bicyclic) bond motifs is 1. The molecule has 3 aromatic rings. The number of amides is 1. The maximum atomic E-state index is 12.7. The number of rotatable bonds is 4. The van der Waals surface area contributed by atoms with Gasteiger partial charge in [-0.05, 0) is 36.4 Å². The number of nitrogens with one attached hydrogen (secondary N) is 1. The van der Waals surface area contributed by atoms with Crippen LogP contribution in [0.15, 0.2) is 57.9 Å². The zero-order chi connectivity index (χ0) is 17.9. The van der Waals surface area contributed by atoms with Gasteiger partial charge in [-0.1, -0.05) is 18.2 Å². The normalized spacial score (nSPS) is 16.5. The Kier molecular flexibility index (Phi) is 4.62. The monoisotopic (exact) mass is 368 g/mol. The largest absolute Gasteiger partial charge is 0.473 e. The molecule has 1 amide bonds. The van der Waals surface area contributed by atoms with E-state index >= 15 is 0 Å². The molecule has 0 spiro atoms. The average molecular weight is 368 g/mol. The van der Waals surface area contributed by atoms with E-state index < -0.39 is 11.5 Å². The van der Waals surface area contributed by atoms with Gasteiger partial charge in [0.2, 0.25) is 5.88 Å². The quantitative estimate of drug-likeness (QED) is 0.712. The molecular weight excluding hydrogens is 352 g/mol. The van der Waals surface area contributed by atoms with Gasteiger partial charge in [-0.15, -0.1) is 0 Å². The summed E-state index contributed by atoms with van der Waals surface area (Å²) in [6.45, 7) is 0. The number of thioether (sulfide) groups is 1. The fourth-order valence-electron chi connectivity index (χ4n) is 2.76. The van der Waals surface area contributed by atoms with Crippen molar-refractivity contribution in [3.63, 3.8) is 0 Å². The van der Waals surface area contributed by atoms with Gasteiger partial charge in [0, 0.05) is 17.3 Å². The number of hydrogen-bond donors (Lipinski definition) is 1. The van der Waals surface area contributed by atoms with Crippen LogP contribution in [0, 0.1) is 0 Å². The number of pyridine rings is 1. The molecule has 7 heteroatoms. The summed E-state index contributed by atoms with van der Waals surface area (Å²) in [6.07, 6.45) is 2.56. The van der Waals surface area contributed by atoms with Gasteiger partial charge < -0.3 is 14.5 Å². The van der Waals surface area contributed by atoms with E-state index in [-0.39, 0.29) is 23.2 Å². The van der Waals surface area contributed by atoms with E-state index in [4.69, 9.17) is 9.15 Å². The van der Waals surface area contributed by atoms with E-state index in [1.54, 1.807) is 36.5 Å². The second kappa shape index (κ2) is 7.21. The second-order valence-corrected chi connectivity index (χ2v) is 7.05. The number of aromatic nitrogens is 1. The van der Waals surface area contributed by atoms with Crippen molar-refractivity contribution in [2.75, 3.05) is 16.8 Å². The lowest BCUT2D eigenvalue weighted by atomic mass is 10.2. The second-order valence-electron chi connectivity index (χ2n) is 5.90. The minimum Gasteiger partial charge on any atom is -0.473 e. The lowest BCUT2D eigenvalue weighted by Gasteiger charge is -2.14. The highest BCUT2D eigenvalue weighted by Crippen LogP contribution is 2.25. The van der Waals surface area contributed by atoms with Gasteiger partial charge in [0.15, 0.2) is 0 Å². The van der Waals surface area contributed by atoms with Gasteiger partial charge in [-0.2, -0.15) is 11.8 Å². The third-order valence-electron chi connectivity index (χ3n) is 4.07. The van der Waals surface area contributed by atoms with Crippen LogP contribution in [0.1, 0.15) is 16.8 Å². The van der Waals surface area contributed by atoms with Crippen molar-refractivity contribution in [3.8, 4) is 5.88 Å².